The highest BCUT2D eigenvalue weighted by molar-refractivity contribution is 6.05. The molecule has 1 aliphatic carbocycles. The second-order valence-electron chi connectivity index (χ2n) is 9.77. The number of carbonyl (C=O) groups excluding carboxylic acids is 2. The largest absolute Gasteiger partial charge is 0.496 e. The van der Waals surface area contributed by atoms with E-state index >= 15 is 0 Å². The summed E-state index contributed by atoms with van der Waals surface area (Å²) in [5, 5.41) is 4.11. The van der Waals surface area contributed by atoms with Gasteiger partial charge in [-0.05, 0) is 50.3 Å². The van der Waals surface area contributed by atoms with E-state index in [1.807, 2.05) is 29.7 Å². The number of amides is 2. The number of carbonyl (C=O) groups is 2. The summed E-state index contributed by atoms with van der Waals surface area (Å²) in [4.78, 5) is 29.4. The first-order valence-corrected chi connectivity index (χ1v) is 12.2. The number of hydrogen-bond donors (Lipinski definition) is 1. The highest BCUT2D eigenvalue weighted by atomic mass is 16.5. The zero-order valence-electron chi connectivity index (χ0n) is 21.0. The van der Waals surface area contributed by atoms with Crippen LogP contribution >= 0.6 is 0 Å². The molecule has 2 aromatic rings. The number of aromatic nitrogens is 1. The molecule has 2 heterocycles. The van der Waals surface area contributed by atoms with Gasteiger partial charge in [0.05, 0.1) is 26.3 Å². The van der Waals surface area contributed by atoms with Crippen molar-refractivity contribution in [2.24, 2.45) is 5.92 Å². The van der Waals surface area contributed by atoms with Crippen molar-refractivity contribution in [3.05, 3.63) is 23.9 Å². The molecule has 2 amide bonds. The molecule has 1 fully saturated rings. The minimum atomic E-state index is -1.05. The van der Waals surface area contributed by atoms with Crippen molar-refractivity contribution < 1.29 is 23.8 Å². The maximum absolute atomic E-state index is 13.9. The standard InChI is InChI=1S/C26H37N3O5/c1-17-9-6-7-10-19(17)27-25(31)26(2)16-28-20(24(30)29(26)13-8-14-32-3)15-18-21(33-4)11-12-22(34-5)23(18)28/h11-12,15,17,19H,6-10,13-14,16H2,1-5H3,(H,27,31). The Morgan fingerprint density at radius 1 is 1.15 bits per heavy atom. The number of rotatable bonds is 8. The average Bonchev–Trinajstić information content (AvgIpc) is 3.21. The molecule has 8 nitrogen and oxygen atoms in total. The highest BCUT2D eigenvalue weighted by Gasteiger charge is 2.48. The van der Waals surface area contributed by atoms with Gasteiger partial charge in [0, 0.05) is 31.7 Å². The fraction of sp³-hybridized carbons (Fsp3) is 0.615. The first kappa shape index (κ1) is 24.4. The van der Waals surface area contributed by atoms with Crippen LogP contribution in [0.5, 0.6) is 11.5 Å². The van der Waals surface area contributed by atoms with Gasteiger partial charge in [0.2, 0.25) is 5.91 Å². The maximum Gasteiger partial charge on any atom is 0.271 e. The van der Waals surface area contributed by atoms with E-state index in [9.17, 15) is 9.59 Å². The van der Waals surface area contributed by atoms with E-state index < -0.39 is 5.54 Å². The van der Waals surface area contributed by atoms with Gasteiger partial charge in [0.15, 0.2) is 0 Å². The Morgan fingerprint density at radius 2 is 1.85 bits per heavy atom. The Hall–Kier alpha value is -2.74. The molecule has 0 saturated heterocycles. The van der Waals surface area contributed by atoms with Gasteiger partial charge in [-0.15, -0.1) is 0 Å². The van der Waals surface area contributed by atoms with E-state index in [1.165, 1.54) is 6.42 Å². The maximum atomic E-state index is 13.9. The molecule has 186 valence electrons. The van der Waals surface area contributed by atoms with Crippen molar-refractivity contribution in [1.82, 2.24) is 14.8 Å². The van der Waals surface area contributed by atoms with E-state index in [4.69, 9.17) is 14.2 Å². The van der Waals surface area contributed by atoms with Crippen molar-refractivity contribution in [2.45, 2.75) is 64.1 Å². The van der Waals surface area contributed by atoms with Crippen molar-refractivity contribution in [1.29, 1.82) is 0 Å². The van der Waals surface area contributed by atoms with Crippen LogP contribution in [0.15, 0.2) is 18.2 Å². The molecule has 1 aromatic heterocycles. The molecular weight excluding hydrogens is 434 g/mol. The summed E-state index contributed by atoms with van der Waals surface area (Å²) in [7, 11) is 4.86. The van der Waals surface area contributed by atoms with Crippen LogP contribution in [0, 0.1) is 5.92 Å². The van der Waals surface area contributed by atoms with E-state index in [0.29, 0.717) is 49.2 Å². The Kier molecular flexibility index (Phi) is 7.07. The fourth-order valence-corrected chi connectivity index (χ4v) is 5.53. The Morgan fingerprint density at radius 3 is 2.53 bits per heavy atom. The van der Waals surface area contributed by atoms with Crippen LogP contribution in [-0.4, -0.2) is 67.3 Å². The summed E-state index contributed by atoms with van der Waals surface area (Å²) in [5.41, 5.74) is 0.257. The minimum Gasteiger partial charge on any atom is -0.496 e. The van der Waals surface area contributed by atoms with Crippen LogP contribution in [0.3, 0.4) is 0 Å². The van der Waals surface area contributed by atoms with E-state index in [0.717, 1.165) is 30.2 Å². The number of methoxy groups -OCH3 is 3. The van der Waals surface area contributed by atoms with Gasteiger partial charge in [0.25, 0.3) is 5.91 Å². The first-order chi connectivity index (χ1) is 16.3. The Labute approximate surface area is 201 Å². The number of nitrogens with zero attached hydrogens (tertiary/aromatic N) is 2. The van der Waals surface area contributed by atoms with E-state index in [2.05, 4.69) is 12.2 Å². The van der Waals surface area contributed by atoms with Crippen molar-refractivity contribution in [3.63, 3.8) is 0 Å². The number of benzene rings is 1. The summed E-state index contributed by atoms with van der Waals surface area (Å²) in [6, 6.07) is 5.66. The lowest BCUT2D eigenvalue weighted by Crippen LogP contribution is -2.65. The Balaban J connectivity index is 1.78. The lowest BCUT2D eigenvalue weighted by atomic mass is 9.85. The van der Waals surface area contributed by atoms with Crippen LogP contribution in [0.1, 0.15) is 56.4 Å². The zero-order valence-corrected chi connectivity index (χ0v) is 21.0. The van der Waals surface area contributed by atoms with Gasteiger partial charge >= 0.3 is 0 Å². The van der Waals surface area contributed by atoms with Crippen LogP contribution in [0.4, 0.5) is 0 Å². The molecule has 3 atom stereocenters. The summed E-state index contributed by atoms with van der Waals surface area (Å²) in [6.45, 7) is 5.37. The monoisotopic (exact) mass is 471 g/mol. The second-order valence-corrected chi connectivity index (χ2v) is 9.77. The molecule has 1 aliphatic heterocycles. The predicted octanol–water partition coefficient (Wildman–Crippen LogP) is 3.60. The molecule has 3 unspecified atom stereocenters. The van der Waals surface area contributed by atoms with Gasteiger partial charge < -0.3 is 29.0 Å². The third-order valence-electron chi connectivity index (χ3n) is 7.59. The van der Waals surface area contributed by atoms with E-state index in [1.54, 1.807) is 26.2 Å². The van der Waals surface area contributed by atoms with Gasteiger partial charge in [-0.25, -0.2) is 0 Å². The smallest absolute Gasteiger partial charge is 0.271 e. The normalized spacial score (nSPS) is 24.7. The molecule has 4 rings (SSSR count). The lowest BCUT2D eigenvalue weighted by molar-refractivity contribution is -0.134. The summed E-state index contributed by atoms with van der Waals surface area (Å²) in [6.07, 6.45) is 5.06. The second kappa shape index (κ2) is 9.86. The molecule has 0 bridgehead atoms. The highest BCUT2D eigenvalue weighted by Crippen LogP contribution is 2.40. The van der Waals surface area contributed by atoms with Gasteiger partial charge in [0.1, 0.15) is 22.7 Å². The topological polar surface area (TPSA) is 82.0 Å². The summed E-state index contributed by atoms with van der Waals surface area (Å²) >= 11 is 0. The lowest BCUT2D eigenvalue weighted by Gasteiger charge is -2.45. The summed E-state index contributed by atoms with van der Waals surface area (Å²) < 4.78 is 18.4. The molecule has 1 N–H and O–H groups in total. The average molecular weight is 472 g/mol. The van der Waals surface area contributed by atoms with Crippen LogP contribution in [0.25, 0.3) is 10.9 Å². The van der Waals surface area contributed by atoms with Crippen LogP contribution in [-0.2, 0) is 16.1 Å². The molecule has 1 aromatic carbocycles. The molecule has 34 heavy (non-hydrogen) atoms. The van der Waals surface area contributed by atoms with Gasteiger partial charge in [-0.2, -0.15) is 0 Å². The third-order valence-corrected chi connectivity index (χ3v) is 7.59. The zero-order chi connectivity index (χ0) is 24.5. The molecular formula is C26H37N3O5. The minimum absolute atomic E-state index is 0.105. The number of ether oxygens (including phenoxy) is 3. The molecule has 1 saturated carbocycles. The number of fused-ring (bicyclic) bond motifs is 3. The van der Waals surface area contributed by atoms with Gasteiger partial charge in [-0.1, -0.05) is 19.8 Å². The molecule has 0 radical (unpaired) electrons. The van der Waals surface area contributed by atoms with Crippen LogP contribution < -0.4 is 14.8 Å². The Bertz CT molecular complexity index is 1060. The van der Waals surface area contributed by atoms with Crippen molar-refractivity contribution in [3.8, 4) is 11.5 Å². The summed E-state index contributed by atoms with van der Waals surface area (Å²) in [5.74, 6) is 1.46. The van der Waals surface area contributed by atoms with E-state index in [-0.39, 0.29) is 17.9 Å². The number of nitrogens with one attached hydrogen (secondary N) is 1. The molecule has 8 heteroatoms. The third kappa shape index (κ3) is 4.13. The quantitative estimate of drug-likeness (QED) is 0.595. The molecule has 0 spiro atoms. The predicted molar refractivity (Wildman–Crippen MR) is 131 cm³/mol. The van der Waals surface area contributed by atoms with Crippen molar-refractivity contribution >= 4 is 22.7 Å². The SMILES string of the molecule is COCCCN1C(=O)c2cc3c(OC)ccc(OC)c3n2CC1(C)C(=O)NC1CCCCC1C. The molecule has 2 aliphatic rings. The van der Waals surface area contributed by atoms with Gasteiger partial charge in [-0.3, -0.25) is 9.59 Å². The van der Waals surface area contributed by atoms with Crippen LogP contribution in [0.2, 0.25) is 0 Å². The fourth-order valence-electron chi connectivity index (χ4n) is 5.53. The van der Waals surface area contributed by atoms with Crippen molar-refractivity contribution in [2.75, 3.05) is 34.5 Å². The number of hydrogen-bond acceptors (Lipinski definition) is 5. The first-order valence-electron chi connectivity index (χ1n) is 12.2.